The van der Waals surface area contributed by atoms with Crippen LogP contribution in [0.25, 0.3) is 0 Å². The van der Waals surface area contributed by atoms with E-state index in [1.54, 1.807) is 0 Å². The summed E-state index contributed by atoms with van der Waals surface area (Å²) in [5, 5.41) is 19.2. The van der Waals surface area contributed by atoms with E-state index in [-0.39, 0.29) is 34.7 Å². The molecule has 0 saturated heterocycles. The quantitative estimate of drug-likeness (QED) is 0.323. The third-order valence-electron chi connectivity index (χ3n) is 4.07. The highest BCUT2D eigenvalue weighted by Crippen LogP contribution is 2.24. The predicted octanol–water partition coefficient (Wildman–Crippen LogP) is 2.45. The average molecular weight is 366 g/mol. The summed E-state index contributed by atoms with van der Waals surface area (Å²) in [7, 11) is 2.45. The Morgan fingerprint density at radius 2 is 1.19 bits per heavy atom. The molecule has 0 aromatic rings. The highest BCUT2D eigenvalue weighted by Gasteiger charge is 2.24. The number of aliphatic hydroxyl groups excluding tert-OH is 2. The van der Waals surface area contributed by atoms with Crippen molar-refractivity contribution in [3.05, 3.63) is 22.7 Å². The van der Waals surface area contributed by atoms with Crippen LogP contribution in [0.3, 0.4) is 0 Å². The number of methoxy groups -OCH3 is 2. The number of rotatable bonds is 6. The van der Waals surface area contributed by atoms with Gasteiger partial charge in [-0.05, 0) is 26.7 Å². The van der Waals surface area contributed by atoms with Crippen molar-refractivity contribution in [2.24, 2.45) is 9.98 Å². The molecule has 0 heterocycles. The summed E-state index contributed by atoms with van der Waals surface area (Å²) in [4.78, 5) is 32.1. The van der Waals surface area contributed by atoms with Crippen LogP contribution in [0, 0.1) is 0 Å². The van der Waals surface area contributed by atoms with E-state index < -0.39 is 11.9 Å². The molecule has 1 aliphatic rings. The molecule has 1 fully saturated rings. The lowest BCUT2D eigenvalue weighted by atomic mass is 9.91. The molecule has 1 aliphatic carbocycles. The Hall–Kier alpha value is -2.64. The highest BCUT2D eigenvalue weighted by atomic mass is 16.5. The van der Waals surface area contributed by atoms with Crippen LogP contribution in [0.15, 0.2) is 32.6 Å². The Morgan fingerprint density at radius 1 is 0.846 bits per heavy atom. The van der Waals surface area contributed by atoms with E-state index in [9.17, 15) is 19.8 Å². The molecule has 0 aliphatic heterocycles. The highest BCUT2D eigenvalue weighted by molar-refractivity contribution is 6.10. The molecule has 0 spiro atoms. The molecule has 0 amide bonds. The number of hydrogen-bond acceptors (Lipinski definition) is 8. The summed E-state index contributed by atoms with van der Waals surface area (Å²) in [5.74, 6) is -1.69. The first kappa shape index (κ1) is 21.4. The van der Waals surface area contributed by atoms with Crippen molar-refractivity contribution < 1.29 is 29.3 Å². The average Bonchev–Trinajstić information content (AvgIpc) is 2.61. The molecule has 1 rings (SSSR count). The number of allylic oxidation sites excluding steroid dienone is 2. The zero-order valence-corrected chi connectivity index (χ0v) is 15.6. The van der Waals surface area contributed by atoms with E-state index in [4.69, 9.17) is 0 Å². The van der Waals surface area contributed by atoms with Gasteiger partial charge in [0.1, 0.15) is 22.7 Å². The first-order valence-electron chi connectivity index (χ1n) is 8.34. The molecule has 0 aromatic carbocycles. The van der Waals surface area contributed by atoms with Crippen molar-refractivity contribution in [2.45, 2.75) is 51.6 Å². The van der Waals surface area contributed by atoms with E-state index in [1.807, 2.05) is 0 Å². The summed E-state index contributed by atoms with van der Waals surface area (Å²) >= 11 is 0. The molecule has 0 bridgehead atoms. The van der Waals surface area contributed by atoms with Crippen molar-refractivity contribution in [1.29, 1.82) is 0 Å². The van der Waals surface area contributed by atoms with Gasteiger partial charge in [0.25, 0.3) is 0 Å². The molecule has 1 saturated carbocycles. The van der Waals surface area contributed by atoms with Gasteiger partial charge in [-0.3, -0.25) is 9.98 Å². The van der Waals surface area contributed by atoms with Crippen LogP contribution >= 0.6 is 0 Å². The Kier molecular flexibility index (Phi) is 8.54. The largest absolute Gasteiger partial charge is 0.512 e. The number of carbonyl (C=O) groups excluding carboxylic acids is 2. The van der Waals surface area contributed by atoms with Gasteiger partial charge in [-0.25, -0.2) is 9.59 Å². The summed E-state index contributed by atoms with van der Waals surface area (Å²) in [6.45, 7) is 2.76. The summed E-state index contributed by atoms with van der Waals surface area (Å²) in [6, 6.07) is -0.422. The second-order valence-electron chi connectivity index (χ2n) is 5.96. The molecule has 26 heavy (non-hydrogen) atoms. The van der Waals surface area contributed by atoms with Crippen LogP contribution in [0.4, 0.5) is 0 Å². The van der Waals surface area contributed by atoms with Gasteiger partial charge < -0.3 is 19.7 Å². The fourth-order valence-corrected chi connectivity index (χ4v) is 2.59. The maximum atomic E-state index is 11.7. The Bertz CT molecular complexity index is 584. The molecular formula is C18H26N2O6. The lowest BCUT2D eigenvalue weighted by Gasteiger charge is -2.25. The van der Waals surface area contributed by atoms with Crippen molar-refractivity contribution >= 4 is 24.4 Å². The predicted molar refractivity (Wildman–Crippen MR) is 97.7 cm³/mol. The maximum Gasteiger partial charge on any atom is 0.342 e. The molecule has 8 nitrogen and oxygen atoms in total. The van der Waals surface area contributed by atoms with E-state index in [0.29, 0.717) is 0 Å². The third kappa shape index (κ3) is 6.02. The van der Waals surface area contributed by atoms with Gasteiger partial charge in [0.15, 0.2) is 0 Å². The smallest absolute Gasteiger partial charge is 0.342 e. The van der Waals surface area contributed by atoms with Crippen molar-refractivity contribution in [2.75, 3.05) is 14.2 Å². The van der Waals surface area contributed by atoms with Gasteiger partial charge in [-0.1, -0.05) is 12.8 Å². The Balaban J connectivity index is 3.01. The van der Waals surface area contributed by atoms with Crippen LogP contribution in [0.1, 0.15) is 39.5 Å². The monoisotopic (exact) mass is 366 g/mol. The van der Waals surface area contributed by atoms with E-state index in [0.717, 1.165) is 25.7 Å². The Labute approximate surface area is 152 Å². The molecule has 144 valence electrons. The van der Waals surface area contributed by atoms with Crippen LogP contribution in [-0.4, -0.2) is 60.9 Å². The second-order valence-corrected chi connectivity index (χ2v) is 5.96. The molecule has 2 N–H and O–H groups in total. The fraction of sp³-hybridized carbons (Fsp3) is 0.556. The topological polar surface area (TPSA) is 118 Å². The lowest BCUT2D eigenvalue weighted by molar-refractivity contribution is -0.136. The molecule has 0 unspecified atom stereocenters. The molecule has 8 heteroatoms. The fourth-order valence-electron chi connectivity index (χ4n) is 2.59. The van der Waals surface area contributed by atoms with Gasteiger partial charge in [-0.15, -0.1) is 0 Å². The number of aliphatic hydroxyl groups is 2. The number of hydrogen-bond donors (Lipinski definition) is 2. The van der Waals surface area contributed by atoms with Gasteiger partial charge in [-0.2, -0.15) is 0 Å². The third-order valence-corrected chi connectivity index (χ3v) is 4.07. The van der Waals surface area contributed by atoms with E-state index in [2.05, 4.69) is 19.5 Å². The minimum atomic E-state index is -0.670. The molecule has 0 aromatic heterocycles. The number of ether oxygens (including phenoxy) is 2. The zero-order chi connectivity index (χ0) is 19.7. The van der Waals surface area contributed by atoms with Crippen molar-refractivity contribution in [1.82, 2.24) is 0 Å². The summed E-state index contributed by atoms with van der Waals surface area (Å²) < 4.78 is 9.24. The minimum absolute atomic E-state index is 0.0119. The minimum Gasteiger partial charge on any atom is -0.512 e. The van der Waals surface area contributed by atoms with Gasteiger partial charge in [0.05, 0.1) is 26.3 Å². The van der Waals surface area contributed by atoms with Crippen LogP contribution in [0.5, 0.6) is 0 Å². The number of carbonyl (C=O) groups is 2. The summed E-state index contributed by atoms with van der Waals surface area (Å²) in [6.07, 6.45) is 6.03. The summed E-state index contributed by atoms with van der Waals surface area (Å²) in [5.41, 5.74) is -0.0238. The Morgan fingerprint density at radius 3 is 1.46 bits per heavy atom. The van der Waals surface area contributed by atoms with E-state index in [1.165, 1.54) is 40.5 Å². The first-order chi connectivity index (χ1) is 12.3. The van der Waals surface area contributed by atoms with Gasteiger partial charge in [0.2, 0.25) is 0 Å². The van der Waals surface area contributed by atoms with Crippen molar-refractivity contribution in [3.8, 4) is 0 Å². The standard InChI is InChI=1S/C18H26N2O6/c1-11(21)13(17(23)25-3)9-19-15-7-5-6-8-16(15)20-10-14(12(2)22)18(24)26-4/h9-10,15-16,21-22H,5-8H2,1-4H3/b13-11+,14-12+,19-9?,20-10?/t15-,16-/m1/s1. The molecule has 2 atom stereocenters. The van der Waals surface area contributed by atoms with Gasteiger partial charge >= 0.3 is 11.9 Å². The molecule has 0 radical (unpaired) electrons. The lowest BCUT2D eigenvalue weighted by Crippen LogP contribution is -2.28. The number of esters is 2. The zero-order valence-electron chi connectivity index (χ0n) is 15.6. The number of nitrogens with zero attached hydrogens (tertiary/aromatic N) is 2. The molecular weight excluding hydrogens is 340 g/mol. The van der Waals surface area contributed by atoms with E-state index >= 15 is 0 Å². The van der Waals surface area contributed by atoms with Crippen LogP contribution in [0.2, 0.25) is 0 Å². The van der Waals surface area contributed by atoms with Gasteiger partial charge in [0, 0.05) is 12.4 Å². The normalized spacial score (nSPS) is 22.8. The second kappa shape index (κ2) is 10.4. The SMILES string of the molecule is COC(=O)/C(C=N[C@@H]1CCCC[C@H]1N=C/C(C(=O)OC)=C(/C)O)=C(\C)O. The van der Waals surface area contributed by atoms with Crippen LogP contribution < -0.4 is 0 Å². The van der Waals surface area contributed by atoms with Crippen LogP contribution in [-0.2, 0) is 19.1 Å². The van der Waals surface area contributed by atoms with Crippen molar-refractivity contribution in [3.63, 3.8) is 0 Å². The maximum absolute atomic E-state index is 11.7. The first-order valence-corrected chi connectivity index (χ1v) is 8.34. The number of aliphatic imine (C=N–C) groups is 2.